The van der Waals surface area contributed by atoms with Crippen molar-refractivity contribution in [2.45, 2.75) is 44.3 Å². The first-order valence-corrected chi connectivity index (χ1v) is 11.9. The smallest absolute Gasteiger partial charge is 0.328 e. The molecule has 0 fully saturated rings. The van der Waals surface area contributed by atoms with E-state index in [9.17, 15) is 9.18 Å². The van der Waals surface area contributed by atoms with Crippen LogP contribution in [0.1, 0.15) is 20.3 Å². The minimum absolute atomic E-state index is 0.234. The Labute approximate surface area is 208 Å². The third-order valence-corrected chi connectivity index (χ3v) is 6.13. The van der Waals surface area contributed by atoms with Crippen molar-refractivity contribution in [3.63, 3.8) is 0 Å². The predicted octanol–water partition coefficient (Wildman–Crippen LogP) is 5.27. The van der Waals surface area contributed by atoms with Gasteiger partial charge in [0, 0.05) is 43.7 Å². The summed E-state index contributed by atoms with van der Waals surface area (Å²) in [6.07, 6.45) is 3.12. The molecule has 0 saturated carbocycles. The highest BCUT2D eigenvalue weighted by atomic mass is 32.2. The van der Waals surface area contributed by atoms with Crippen molar-refractivity contribution in [3.05, 3.63) is 59.9 Å². The molecule has 3 rings (SSSR count). The van der Waals surface area contributed by atoms with Gasteiger partial charge in [0.25, 0.3) is 0 Å². The summed E-state index contributed by atoms with van der Waals surface area (Å²) in [4.78, 5) is 20.3. The van der Waals surface area contributed by atoms with Crippen molar-refractivity contribution in [2.75, 3.05) is 19.5 Å². The highest BCUT2D eigenvalue weighted by Gasteiger charge is 2.23. The standard InChI is InChI=1S/C25H29FN4O4S/c1-5-16(2)28-20-14-18(10-12-27-20)24-23(17-6-8-19(26)9-7-17)29-25(35-13-11-21(31)32)30(24)15-22(33-3)34-4/h6-14,16,22H,5,15H2,1-4H3,(H,27,28)(H,31,32)/b13-11-. The van der Waals surface area contributed by atoms with E-state index in [0.717, 1.165) is 35.5 Å². The second-order valence-corrected chi connectivity index (χ2v) is 8.63. The molecule has 0 saturated heterocycles. The number of benzene rings is 1. The Kier molecular flexibility index (Phi) is 9.41. The van der Waals surface area contributed by atoms with E-state index < -0.39 is 12.3 Å². The van der Waals surface area contributed by atoms with Crippen LogP contribution < -0.4 is 5.32 Å². The van der Waals surface area contributed by atoms with E-state index >= 15 is 0 Å². The molecule has 1 atom stereocenters. The maximum Gasteiger partial charge on any atom is 0.328 e. The Morgan fingerprint density at radius 1 is 1.23 bits per heavy atom. The van der Waals surface area contributed by atoms with Crippen molar-refractivity contribution in [1.82, 2.24) is 14.5 Å². The van der Waals surface area contributed by atoms with Crippen LogP contribution in [-0.2, 0) is 20.8 Å². The molecule has 35 heavy (non-hydrogen) atoms. The van der Waals surface area contributed by atoms with E-state index in [1.54, 1.807) is 32.5 Å². The Hall–Kier alpha value is -3.21. The summed E-state index contributed by atoms with van der Waals surface area (Å²) in [5.74, 6) is -0.697. The molecule has 0 bridgehead atoms. The van der Waals surface area contributed by atoms with E-state index in [4.69, 9.17) is 19.6 Å². The number of rotatable bonds is 12. The van der Waals surface area contributed by atoms with Gasteiger partial charge in [-0.15, -0.1) is 0 Å². The topological polar surface area (TPSA) is 98.5 Å². The van der Waals surface area contributed by atoms with Gasteiger partial charge in [0.15, 0.2) is 11.4 Å². The summed E-state index contributed by atoms with van der Waals surface area (Å²) in [5, 5.41) is 14.4. The quantitative estimate of drug-likeness (QED) is 0.197. The average molecular weight is 501 g/mol. The SMILES string of the molecule is CCC(C)Nc1cc(-c2c(-c3ccc(F)cc3)nc(S/C=C\C(=O)O)n2CC(OC)OC)ccn1. The fourth-order valence-electron chi connectivity index (χ4n) is 3.35. The van der Waals surface area contributed by atoms with E-state index in [0.29, 0.717) is 22.2 Å². The number of anilines is 1. The van der Waals surface area contributed by atoms with Crippen molar-refractivity contribution >= 4 is 23.5 Å². The van der Waals surface area contributed by atoms with E-state index in [1.807, 2.05) is 16.7 Å². The Morgan fingerprint density at radius 2 is 1.94 bits per heavy atom. The Balaban J connectivity index is 2.22. The van der Waals surface area contributed by atoms with Crippen LogP contribution in [0.15, 0.2) is 59.2 Å². The summed E-state index contributed by atoms with van der Waals surface area (Å²) in [7, 11) is 3.09. The monoisotopic (exact) mass is 500 g/mol. The van der Waals surface area contributed by atoms with E-state index in [-0.39, 0.29) is 18.4 Å². The number of carboxylic acids is 1. The molecule has 8 nitrogen and oxygen atoms in total. The molecule has 0 amide bonds. The number of imidazole rings is 1. The molecule has 0 radical (unpaired) electrons. The van der Waals surface area contributed by atoms with Crippen LogP contribution >= 0.6 is 11.8 Å². The van der Waals surface area contributed by atoms with Crippen LogP contribution in [0.3, 0.4) is 0 Å². The van der Waals surface area contributed by atoms with E-state index in [1.165, 1.54) is 17.5 Å². The minimum Gasteiger partial charge on any atom is -0.478 e. The van der Waals surface area contributed by atoms with Crippen molar-refractivity contribution in [2.24, 2.45) is 0 Å². The number of carboxylic acid groups (broad SMARTS) is 1. The van der Waals surface area contributed by atoms with Crippen LogP contribution in [0.4, 0.5) is 10.2 Å². The van der Waals surface area contributed by atoms with Gasteiger partial charge in [-0.1, -0.05) is 18.7 Å². The molecule has 3 aromatic rings. The van der Waals surface area contributed by atoms with Crippen LogP contribution in [0.2, 0.25) is 0 Å². The lowest BCUT2D eigenvalue weighted by atomic mass is 10.1. The van der Waals surface area contributed by atoms with Crippen LogP contribution in [-0.4, -0.2) is 52.2 Å². The van der Waals surface area contributed by atoms with Gasteiger partial charge in [-0.2, -0.15) is 0 Å². The highest BCUT2D eigenvalue weighted by molar-refractivity contribution is 8.02. The number of aliphatic carboxylic acids is 1. The normalized spacial score (nSPS) is 12.4. The summed E-state index contributed by atoms with van der Waals surface area (Å²) in [6, 6.07) is 10.1. The minimum atomic E-state index is -1.06. The molecular formula is C25H29FN4O4S. The lowest BCUT2D eigenvalue weighted by molar-refractivity contribution is -0.131. The molecular weight excluding hydrogens is 471 g/mol. The number of halogens is 1. The fraction of sp³-hybridized carbons (Fsp3) is 0.320. The maximum absolute atomic E-state index is 13.7. The number of methoxy groups -OCH3 is 2. The van der Waals surface area contributed by atoms with Gasteiger partial charge in [0.1, 0.15) is 11.6 Å². The number of ether oxygens (including phenoxy) is 2. The third kappa shape index (κ3) is 6.91. The van der Waals surface area contributed by atoms with Gasteiger partial charge < -0.3 is 24.5 Å². The predicted molar refractivity (Wildman–Crippen MR) is 135 cm³/mol. The molecule has 0 spiro atoms. The molecule has 1 unspecified atom stereocenters. The molecule has 1 aromatic carbocycles. The largest absolute Gasteiger partial charge is 0.478 e. The number of aromatic nitrogens is 3. The number of pyridine rings is 1. The average Bonchev–Trinajstić information content (AvgIpc) is 3.20. The van der Waals surface area contributed by atoms with Crippen molar-refractivity contribution in [3.8, 4) is 22.5 Å². The number of carbonyl (C=O) groups is 1. The molecule has 2 heterocycles. The number of nitrogens with zero attached hydrogens (tertiary/aromatic N) is 3. The van der Waals surface area contributed by atoms with Crippen LogP contribution in [0.25, 0.3) is 22.5 Å². The van der Waals surface area contributed by atoms with Gasteiger partial charge in [-0.05, 0) is 55.2 Å². The van der Waals surface area contributed by atoms with Crippen LogP contribution in [0.5, 0.6) is 0 Å². The lowest BCUT2D eigenvalue weighted by Gasteiger charge is -2.19. The zero-order chi connectivity index (χ0) is 25.4. The van der Waals surface area contributed by atoms with E-state index in [2.05, 4.69) is 24.1 Å². The zero-order valence-electron chi connectivity index (χ0n) is 20.1. The molecule has 10 heteroatoms. The third-order valence-electron chi connectivity index (χ3n) is 5.33. The Bertz CT molecular complexity index is 1160. The summed E-state index contributed by atoms with van der Waals surface area (Å²) in [6.45, 7) is 4.46. The second-order valence-electron chi connectivity index (χ2n) is 7.75. The number of hydrogen-bond acceptors (Lipinski definition) is 7. The second kappa shape index (κ2) is 12.5. The van der Waals surface area contributed by atoms with Crippen molar-refractivity contribution < 1.29 is 23.8 Å². The van der Waals surface area contributed by atoms with Crippen LogP contribution in [0, 0.1) is 5.82 Å². The summed E-state index contributed by atoms with van der Waals surface area (Å²) in [5.41, 5.74) is 2.90. The zero-order valence-corrected chi connectivity index (χ0v) is 20.9. The molecule has 2 aromatic heterocycles. The van der Waals surface area contributed by atoms with Gasteiger partial charge in [-0.25, -0.2) is 19.2 Å². The Morgan fingerprint density at radius 3 is 2.57 bits per heavy atom. The molecule has 0 aliphatic heterocycles. The lowest BCUT2D eigenvalue weighted by Crippen LogP contribution is -2.21. The van der Waals surface area contributed by atoms with Gasteiger partial charge in [-0.3, -0.25) is 0 Å². The number of hydrogen-bond donors (Lipinski definition) is 2. The molecule has 0 aliphatic carbocycles. The maximum atomic E-state index is 13.7. The number of thioether (sulfide) groups is 1. The summed E-state index contributed by atoms with van der Waals surface area (Å²) >= 11 is 1.16. The van der Waals surface area contributed by atoms with Crippen molar-refractivity contribution in [1.29, 1.82) is 0 Å². The highest BCUT2D eigenvalue weighted by Crippen LogP contribution is 2.37. The molecule has 0 aliphatic rings. The number of nitrogens with one attached hydrogen (secondary N) is 1. The first kappa shape index (κ1) is 26.4. The first-order chi connectivity index (χ1) is 16.9. The first-order valence-electron chi connectivity index (χ1n) is 11.1. The molecule has 186 valence electrons. The fourth-order valence-corrected chi connectivity index (χ4v) is 4.10. The van der Waals surface area contributed by atoms with Gasteiger partial charge in [0.2, 0.25) is 0 Å². The molecule has 2 N–H and O–H groups in total. The van der Waals surface area contributed by atoms with Gasteiger partial charge >= 0.3 is 5.97 Å². The van der Waals surface area contributed by atoms with Gasteiger partial charge in [0.05, 0.1) is 17.9 Å². The summed E-state index contributed by atoms with van der Waals surface area (Å²) < 4.78 is 26.5.